The van der Waals surface area contributed by atoms with E-state index in [-0.39, 0.29) is 5.78 Å². The van der Waals surface area contributed by atoms with E-state index in [4.69, 9.17) is 4.74 Å². The number of hydrogen-bond donors (Lipinski definition) is 0. The quantitative estimate of drug-likeness (QED) is 0.534. The predicted octanol–water partition coefficient (Wildman–Crippen LogP) is 4.39. The molecular weight excluding hydrogens is 274 g/mol. The molecule has 0 amide bonds. The van der Waals surface area contributed by atoms with Crippen molar-refractivity contribution in [3.05, 3.63) is 60.2 Å². The van der Waals surface area contributed by atoms with Crippen LogP contribution in [-0.2, 0) is 0 Å². The third kappa shape index (κ3) is 5.34. The molecule has 0 aliphatic carbocycles. The van der Waals surface area contributed by atoms with Gasteiger partial charge in [0.15, 0.2) is 5.78 Å². The Hall–Kier alpha value is -2.13. The lowest BCUT2D eigenvalue weighted by Crippen LogP contribution is -2.13. The Balaban J connectivity index is 1.84. The Bertz CT molecular complexity index is 576. The van der Waals surface area contributed by atoms with Crippen LogP contribution in [0.5, 0.6) is 11.5 Å². The van der Waals surface area contributed by atoms with Gasteiger partial charge in [-0.25, -0.2) is 0 Å². The molecule has 116 valence electrons. The average Bonchev–Trinajstić information content (AvgIpc) is 2.53. The third-order valence-electron chi connectivity index (χ3n) is 3.41. The average molecular weight is 297 g/mol. The highest BCUT2D eigenvalue weighted by Gasteiger charge is 2.06. The molecule has 0 aliphatic rings. The van der Waals surface area contributed by atoms with Gasteiger partial charge in [-0.3, -0.25) is 4.79 Å². The highest BCUT2D eigenvalue weighted by atomic mass is 16.5. The van der Waals surface area contributed by atoms with E-state index in [1.807, 2.05) is 68.7 Å². The van der Waals surface area contributed by atoms with E-state index in [1.54, 1.807) is 0 Å². The zero-order valence-corrected chi connectivity index (χ0v) is 13.3. The lowest BCUT2D eigenvalue weighted by molar-refractivity contribution is 0.0978. The van der Waals surface area contributed by atoms with Gasteiger partial charge < -0.3 is 9.64 Å². The van der Waals surface area contributed by atoms with Crippen LogP contribution in [0.1, 0.15) is 29.6 Å². The zero-order chi connectivity index (χ0) is 15.8. The first kappa shape index (κ1) is 16.2. The van der Waals surface area contributed by atoms with Crippen molar-refractivity contribution < 1.29 is 9.53 Å². The number of ether oxygens (including phenoxy) is 1. The summed E-state index contributed by atoms with van der Waals surface area (Å²) < 4.78 is 5.72. The Morgan fingerprint density at radius 3 is 2.18 bits per heavy atom. The van der Waals surface area contributed by atoms with Crippen LogP contribution < -0.4 is 4.74 Å². The summed E-state index contributed by atoms with van der Waals surface area (Å²) in [6.45, 7) is 1.02. The molecule has 2 rings (SSSR count). The van der Waals surface area contributed by atoms with E-state index in [9.17, 15) is 4.79 Å². The number of rotatable bonds is 8. The summed E-state index contributed by atoms with van der Waals surface area (Å²) in [7, 11) is 4.10. The van der Waals surface area contributed by atoms with Gasteiger partial charge >= 0.3 is 0 Å². The number of Topliss-reactive ketones (excluding diaryl/α,β-unsaturated/α-hetero) is 1. The minimum atomic E-state index is 0.199. The number of benzene rings is 2. The number of unbranched alkanes of at least 4 members (excludes halogenated alkanes) is 1. The number of para-hydroxylation sites is 1. The first-order valence-electron chi connectivity index (χ1n) is 7.66. The van der Waals surface area contributed by atoms with E-state index in [0.29, 0.717) is 6.42 Å². The van der Waals surface area contributed by atoms with Gasteiger partial charge in [-0.2, -0.15) is 0 Å². The van der Waals surface area contributed by atoms with Crippen LogP contribution in [-0.4, -0.2) is 31.3 Å². The summed E-state index contributed by atoms with van der Waals surface area (Å²) in [5.41, 5.74) is 0.755. The van der Waals surface area contributed by atoms with Crippen LogP contribution in [0, 0.1) is 0 Å². The molecule has 0 N–H and O–H groups in total. The zero-order valence-electron chi connectivity index (χ0n) is 13.3. The van der Waals surface area contributed by atoms with E-state index in [0.717, 1.165) is 36.4 Å². The highest BCUT2D eigenvalue weighted by Crippen LogP contribution is 2.21. The van der Waals surface area contributed by atoms with Gasteiger partial charge in [0.05, 0.1) is 0 Å². The smallest absolute Gasteiger partial charge is 0.162 e. The summed E-state index contributed by atoms with van der Waals surface area (Å²) in [6.07, 6.45) is 2.58. The molecular formula is C19H23NO2. The summed E-state index contributed by atoms with van der Waals surface area (Å²) in [5.74, 6) is 1.74. The van der Waals surface area contributed by atoms with Crippen LogP contribution in [0.3, 0.4) is 0 Å². The van der Waals surface area contributed by atoms with Crippen LogP contribution in [0.2, 0.25) is 0 Å². The molecule has 0 aromatic heterocycles. The van der Waals surface area contributed by atoms with Gasteiger partial charge in [-0.1, -0.05) is 18.2 Å². The van der Waals surface area contributed by atoms with Crippen LogP contribution in [0.25, 0.3) is 0 Å². The van der Waals surface area contributed by atoms with Gasteiger partial charge in [0.25, 0.3) is 0 Å². The minimum Gasteiger partial charge on any atom is -0.457 e. The van der Waals surface area contributed by atoms with Gasteiger partial charge in [0.1, 0.15) is 11.5 Å². The van der Waals surface area contributed by atoms with Crippen molar-refractivity contribution in [2.45, 2.75) is 19.3 Å². The van der Waals surface area contributed by atoms with E-state index in [1.165, 1.54) is 0 Å². The maximum atomic E-state index is 12.1. The molecule has 0 fully saturated rings. The first-order chi connectivity index (χ1) is 10.6. The number of hydrogen-bond acceptors (Lipinski definition) is 3. The second kappa shape index (κ2) is 8.35. The number of carbonyl (C=O) groups is 1. The molecule has 0 saturated carbocycles. The van der Waals surface area contributed by atoms with E-state index >= 15 is 0 Å². The summed E-state index contributed by atoms with van der Waals surface area (Å²) in [5, 5.41) is 0. The van der Waals surface area contributed by atoms with Crippen molar-refractivity contribution in [1.82, 2.24) is 4.90 Å². The maximum absolute atomic E-state index is 12.1. The second-order valence-electron chi connectivity index (χ2n) is 5.62. The van der Waals surface area contributed by atoms with E-state index in [2.05, 4.69) is 4.90 Å². The SMILES string of the molecule is CN(C)CCCCC(=O)c1ccc(Oc2ccccc2)cc1. The molecule has 0 saturated heterocycles. The molecule has 0 heterocycles. The summed E-state index contributed by atoms with van der Waals surface area (Å²) >= 11 is 0. The summed E-state index contributed by atoms with van der Waals surface area (Å²) in [4.78, 5) is 14.2. The molecule has 3 heteroatoms. The fraction of sp³-hybridized carbons (Fsp3) is 0.316. The molecule has 0 aliphatic heterocycles. The molecule has 3 nitrogen and oxygen atoms in total. The summed E-state index contributed by atoms with van der Waals surface area (Å²) in [6, 6.07) is 17.0. The van der Waals surface area contributed by atoms with Crippen molar-refractivity contribution in [1.29, 1.82) is 0 Å². The number of nitrogens with zero attached hydrogens (tertiary/aromatic N) is 1. The van der Waals surface area contributed by atoms with Gasteiger partial charge in [0.2, 0.25) is 0 Å². The Labute approximate surface area is 132 Å². The Morgan fingerprint density at radius 1 is 0.909 bits per heavy atom. The monoisotopic (exact) mass is 297 g/mol. The largest absolute Gasteiger partial charge is 0.457 e. The van der Waals surface area contributed by atoms with Crippen molar-refractivity contribution in [3.8, 4) is 11.5 Å². The Morgan fingerprint density at radius 2 is 1.55 bits per heavy atom. The molecule has 0 radical (unpaired) electrons. The van der Waals surface area contributed by atoms with Gasteiger partial charge in [0, 0.05) is 12.0 Å². The fourth-order valence-corrected chi connectivity index (χ4v) is 2.19. The predicted molar refractivity (Wildman–Crippen MR) is 89.7 cm³/mol. The fourth-order valence-electron chi connectivity index (χ4n) is 2.19. The molecule has 0 atom stereocenters. The van der Waals surface area contributed by atoms with Gasteiger partial charge in [-0.15, -0.1) is 0 Å². The molecule has 0 bridgehead atoms. The van der Waals surface area contributed by atoms with E-state index < -0.39 is 0 Å². The standard InChI is InChI=1S/C19H23NO2/c1-20(2)15-7-6-10-19(21)16-11-13-18(14-12-16)22-17-8-4-3-5-9-17/h3-5,8-9,11-14H,6-7,10,15H2,1-2H3. The molecule has 22 heavy (non-hydrogen) atoms. The number of carbonyl (C=O) groups excluding carboxylic acids is 1. The maximum Gasteiger partial charge on any atom is 0.162 e. The number of ketones is 1. The molecule has 0 spiro atoms. The second-order valence-corrected chi connectivity index (χ2v) is 5.62. The van der Waals surface area contributed by atoms with Gasteiger partial charge in [-0.05, 0) is 69.9 Å². The normalized spacial score (nSPS) is 10.7. The Kier molecular flexibility index (Phi) is 6.16. The lowest BCUT2D eigenvalue weighted by Gasteiger charge is -2.09. The molecule has 2 aromatic rings. The van der Waals surface area contributed by atoms with Crippen LogP contribution >= 0.6 is 0 Å². The molecule has 0 unspecified atom stereocenters. The van der Waals surface area contributed by atoms with Crippen molar-refractivity contribution in [2.24, 2.45) is 0 Å². The van der Waals surface area contributed by atoms with Crippen molar-refractivity contribution in [3.63, 3.8) is 0 Å². The lowest BCUT2D eigenvalue weighted by atomic mass is 10.1. The van der Waals surface area contributed by atoms with Crippen LogP contribution in [0.15, 0.2) is 54.6 Å². The first-order valence-corrected chi connectivity index (χ1v) is 7.66. The van der Waals surface area contributed by atoms with Crippen LogP contribution in [0.4, 0.5) is 0 Å². The minimum absolute atomic E-state index is 0.199. The highest BCUT2D eigenvalue weighted by molar-refractivity contribution is 5.96. The van der Waals surface area contributed by atoms with Crippen molar-refractivity contribution in [2.75, 3.05) is 20.6 Å². The van der Waals surface area contributed by atoms with Crippen molar-refractivity contribution >= 4 is 5.78 Å². The third-order valence-corrected chi connectivity index (χ3v) is 3.41. The molecule has 2 aromatic carbocycles. The topological polar surface area (TPSA) is 29.5 Å².